The number of carbonyl (C=O) groups is 2. The van der Waals surface area contributed by atoms with Crippen LogP contribution in [0.25, 0.3) is 0 Å². The van der Waals surface area contributed by atoms with Crippen molar-refractivity contribution < 1.29 is 27.5 Å². The van der Waals surface area contributed by atoms with Crippen molar-refractivity contribution in [1.82, 2.24) is 5.32 Å². The fourth-order valence-corrected chi connectivity index (χ4v) is 2.79. The van der Waals surface area contributed by atoms with Crippen molar-refractivity contribution in [2.24, 2.45) is 0 Å². The van der Waals surface area contributed by atoms with Crippen molar-refractivity contribution in [2.75, 3.05) is 5.75 Å². The molecular formula is C16H19ClF3NO3S. The Morgan fingerprint density at radius 1 is 1.20 bits per heavy atom. The van der Waals surface area contributed by atoms with E-state index in [-0.39, 0.29) is 11.8 Å². The summed E-state index contributed by atoms with van der Waals surface area (Å²) in [6.45, 7) is 4.98. The number of rotatable bonds is 5. The van der Waals surface area contributed by atoms with Crippen LogP contribution in [0, 0.1) is 0 Å². The lowest BCUT2D eigenvalue weighted by Crippen LogP contribution is -2.40. The third kappa shape index (κ3) is 8.49. The van der Waals surface area contributed by atoms with Crippen molar-refractivity contribution in [3.8, 4) is 0 Å². The average Bonchev–Trinajstić information content (AvgIpc) is 2.48. The number of ether oxygens (including phenoxy) is 1. The van der Waals surface area contributed by atoms with Crippen LogP contribution >= 0.6 is 23.4 Å². The first-order chi connectivity index (χ1) is 11.4. The van der Waals surface area contributed by atoms with Crippen LogP contribution < -0.4 is 5.32 Å². The number of alkyl carbamates (subject to hydrolysis) is 1. The average molecular weight is 398 g/mol. The molecule has 0 saturated carbocycles. The summed E-state index contributed by atoms with van der Waals surface area (Å²) in [4.78, 5) is 24.0. The zero-order chi connectivity index (χ0) is 19.3. The lowest BCUT2D eigenvalue weighted by atomic mass is 10.0. The Hall–Kier alpha value is -1.41. The molecule has 0 aliphatic heterocycles. The minimum absolute atomic E-state index is 0.0667. The molecular weight excluding hydrogens is 379 g/mol. The first kappa shape index (κ1) is 21.6. The van der Waals surface area contributed by atoms with Crippen molar-refractivity contribution in [2.45, 2.75) is 44.0 Å². The molecule has 0 radical (unpaired) electrons. The Morgan fingerprint density at radius 2 is 1.76 bits per heavy atom. The second kappa shape index (κ2) is 8.80. The summed E-state index contributed by atoms with van der Waals surface area (Å²) in [6, 6.07) is 7.24. The summed E-state index contributed by atoms with van der Waals surface area (Å²) in [5, 5.41) is 0.187. The molecule has 0 aliphatic rings. The Bertz CT molecular complexity index is 591. The first-order valence-electron chi connectivity index (χ1n) is 7.31. The van der Waals surface area contributed by atoms with Crippen LogP contribution in [0.15, 0.2) is 30.3 Å². The molecule has 9 heteroatoms. The van der Waals surface area contributed by atoms with Gasteiger partial charge in [0.25, 0.3) is 0 Å². The van der Waals surface area contributed by atoms with Crippen molar-refractivity contribution >= 4 is 34.6 Å². The standard InChI is InChI=1S/C16H19ClF3NO3S/c1-15(2,3)24-14(23)21-12(10-7-5-4-6-8-10)11(17)13(22)25-9-16(18,19)20/h4-8,11-12H,9H2,1-3H3,(H,21,23)/t11-,12-/m1/s1. The maximum atomic E-state index is 12.3. The fraction of sp³-hybridized carbons (Fsp3) is 0.500. The van der Waals surface area contributed by atoms with E-state index < -0.39 is 40.2 Å². The SMILES string of the molecule is CC(C)(C)OC(=O)N[C@H](c1ccccc1)[C@@H](Cl)C(=O)SCC(F)(F)F. The van der Waals surface area contributed by atoms with Gasteiger partial charge in [-0.2, -0.15) is 13.2 Å². The minimum Gasteiger partial charge on any atom is -0.444 e. The van der Waals surface area contributed by atoms with E-state index in [0.29, 0.717) is 5.56 Å². The van der Waals surface area contributed by atoms with Crippen LogP contribution in [0.4, 0.5) is 18.0 Å². The third-order valence-electron chi connectivity index (χ3n) is 2.73. The molecule has 0 spiro atoms. The highest BCUT2D eigenvalue weighted by Crippen LogP contribution is 2.29. The summed E-state index contributed by atoms with van der Waals surface area (Å²) in [5.74, 6) is -1.34. The number of benzene rings is 1. The van der Waals surface area contributed by atoms with Gasteiger partial charge < -0.3 is 10.1 Å². The molecule has 4 nitrogen and oxygen atoms in total. The number of nitrogens with one attached hydrogen (secondary N) is 1. The van der Waals surface area contributed by atoms with Gasteiger partial charge in [0, 0.05) is 0 Å². The van der Waals surface area contributed by atoms with Gasteiger partial charge in [0.2, 0.25) is 5.12 Å². The number of halogens is 4. The summed E-state index contributed by atoms with van der Waals surface area (Å²) in [7, 11) is 0. The Kier molecular flexibility index (Phi) is 7.62. The Labute approximate surface area is 153 Å². The number of hydrogen-bond donors (Lipinski definition) is 1. The topological polar surface area (TPSA) is 55.4 Å². The van der Waals surface area contributed by atoms with Crippen LogP contribution in [-0.2, 0) is 9.53 Å². The molecule has 1 N–H and O–H groups in total. The maximum Gasteiger partial charge on any atom is 0.408 e. The smallest absolute Gasteiger partial charge is 0.408 e. The molecule has 0 heterocycles. The zero-order valence-electron chi connectivity index (χ0n) is 13.9. The molecule has 0 fully saturated rings. The van der Waals surface area contributed by atoms with E-state index in [9.17, 15) is 22.8 Å². The van der Waals surface area contributed by atoms with E-state index in [4.69, 9.17) is 16.3 Å². The normalized spacial score (nSPS) is 14.5. The number of alkyl halides is 4. The number of carbonyl (C=O) groups excluding carboxylic acids is 2. The largest absolute Gasteiger partial charge is 0.444 e. The summed E-state index contributed by atoms with van der Waals surface area (Å²) >= 11 is 6.13. The summed E-state index contributed by atoms with van der Waals surface area (Å²) in [5.41, 5.74) is -0.295. The lowest BCUT2D eigenvalue weighted by molar-refractivity contribution is -0.113. The van der Waals surface area contributed by atoms with Gasteiger partial charge in [0.1, 0.15) is 11.0 Å². The maximum absolute atomic E-state index is 12.3. The minimum atomic E-state index is -4.49. The lowest BCUT2D eigenvalue weighted by Gasteiger charge is -2.26. The van der Waals surface area contributed by atoms with Gasteiger partial charge in [-0.25, -0.2) is 4.79 Å². The van der Waals surface area contributed by atoms with Gasteiger partial charge in [-0.05, 0) is 26.3 Å². The predicted octanol–water partition coefficient (Wildman–Crippen LogP) is 4.68. The number of amides is 1. The van der Waals surface area contributed by atoms with E-state index in [1.165, 1.54) is 0 Å². The molecule has 2 atom stereocenters. The molecule has 140 valence electrons. The molecule has 1 amide bonds. The van der Waals surface area contributed by atoms with Gasteiger partial charge in [0.05, 0.1) is 11.8 Å². The van der Waals surface area contributed by atoms with Crippen molar-refractivity contribution in [3.05, 3.63) is 35.9 Å². The van der Waals surface area contributed by atoms with Crippen LogP contribution in [0.5, 0.6) is 0 Å². The fourth-order valence-electron chi connectivity index (χ4n) is 1.79. The zero-order valence-corrected chi connectivity index (χ0v) is 15.5. The summed E-state index contributed by atoms with van der Waals surface area (Å²) in [6.07, 6.45) is -5.31. The van der Waals surface area contributed by atoms with Gasteiger partial charge >= 0.3 is 12.3 Å². The Balaban J connectivity index is 2.91. The Morgan fingerprint density at radius 3 is 2.24 bits per heavy atom. The van der Waals surface area contributed by atoms with E-state index in [2.05, 4.69) is 5.32 Å². The number of thioether (sulfide) groups is 1. The second-order valence-corrected chi connectivity index (χ2v) is 7.61. The van der Waals surface area contributed by atoms with E-state index in [1.807, 2.05) is 0 Å². The van der Waals surface area contributed by atoms with Gasteiger partial charge in [-0.1, -0.05) is 42.1 Å². The highest BCUT2D eigenvalue weighted by atomic mass is 35.5. The molecule has 25 heavy (non-hydrogen) atoms. The van der Waals surface area contributed by atoms with Crippen LogP contribution in [0.3, 0.4) is 0 Å². The van der Waals surface area contributed by atoms with E-state index in [0.717, 1.165) is 0 Å². The predicted molar refractivity (Wildman–Crippen MR) is 91.7 cm³/mol. The molecule has 0 bridgehead atoms. The number of hydrogen-bond acceptors (Lipinski definition) is 4. The van der Waals surface area contributed by atoms with Crippen molar-refractivity contribution in [1.29, 1.82) is 0 Å². The van der Waals surface area contributed by atoms with Crippen molar-refractivity contribution in [3.63, 3.8) is 0 Å². The van der Waals surface area contributed by atoms with Crippen LogP contribution in [-0.4, -0.2) is 34.1 Å². The van der Waals surface area contributed by atoms with E-state index in [1.54, 1.807) is 51.1 Å². The highest BCUT2D eigenvalue weighted by molar-refractivity contribution is 8.13. The molecule has 0 aliphatic carbocycles. The third-order valence-corrected chi connectivity index (χ3v) is 4.32. The van der Waals surface area contributed by atoms with E-state index >= 15 is 0 Å². The molecule has 1 aromatic carbocycles. The van der Waals surface area contributed by atoms with Gasteiger partial charge in [-0.3, -0.25) is 4.79 Å². The second-order valence-electron chi connectivity index (χ2n) is 6.16. The van der Waals surface area contributed by atoms with Gasteiger partial charge in [-0.15, -0.1) is 11.6 Å². The van der Waals surface area contributed by atoms with Crippen LogP contribution in [0.2, 0.25) is 0 Å². The molecule has 1 rings (SSSR count). The monoisotopic (exact) mass is 397 g/mol. The molecule has 0 unspecified atom stereocenters. The molecule has 0 aromatic heterocycles. The molecule has 0 saturated heterocycles. The molecule has 1 aromatic rings. The highest BCUT2D eigenvalue weighted by Gasteiger charge is 2.34. The first-order valence-corrected chi connectivity index (χ1v) is 8.73. The summed E-state index contributed by atoms with van der Waals surface area (Å²) < 4.78 is 42.0. The van der Waals surface area contributed by atoms with Crippen LogP contribution in [0.1, 0.15) is 32.4 Å². The quantitative estimate of drug-likeness (QED) is 0.733. The van der Waals surface area contributed by atoms with Gasteiger partial charge in [0.15, 0.2) is 0 Å².